The molecule has 0 bridgehead atoms. The maximum atomic E-state index is 13.6. The van der Waals surface area contributed by atoms with Gasteiger partial charge in [0.25, 0.3) is 5.91 Å². The van der Waals surface area contributed by atoms with Crippen LogP contribution in [0, 0.1) is 5.82 Å². The molecule has 0 aromatic heterocycles. The second-order valence-corrected chi connectivity index (χ2v) is 7.84. The van der Waals surface area contributed by atoms with E-state index in [0.29, 0.717) is 12.1 Å². The standard InChI is InChI=1S/C28H22FNO/c29-25-16-14-23(15-17-25)27-26-9-5-4-8-22(26)18-19-30(27)28(31)24-12-10-21(11-13-24)20-6-2-1-3-7-20/h1-17,27H,18-19H2/t27-/m1/s1. The lowest BCUT2D eigenvalue weighted by Gasteiger charge is -2.38. The minimum Gasteiger partial charge on any atom is -0.327 e. The molecule has 1 atom stereocenters. The van der Waals surface area contributed by atoms with E-state index < -0.39 is 0 Å². The molecule has 5 rings (SSSR count). The van der Waals surface area contributed by atoms with Crippen LogP contribution in [0.2, 0.25) is 0 Å². The van der Waals surface area contributed by atoms with Gasteiger partial charge >= 0.3 is 0 Å². The van der Waals surface area contributed by atoms with Gasteiger partial charge in [0.15, 0.2) is 0 Å². The van der Waals surface area contributed by atoms with Crippen LogP contribution in [0.1, 0.15) is 33.1 Å². The van der Waals surface area contributed by atoms with E-state index in [4.69, 9.17) is 0 Å². The Hall–Kier alpha value is -3.72. The first-order chi connectivity index (χ1) is 15.2. The van der Waals surface area contributed by atoms with E-state index in [1.54, 1.807) is 12.1 Å². The van der Waals surface area contributed by atoms with Crippen molar-refractivity contribution in [3.8, 4) is 11.1 Å². The Bertz CT molecular complexity index is 1200. The Labute approximate surface area is 181 Å². The molecule has 1 amide bonds. The third-order valence-electron chi connectivity index (χ3n) is 5.97. The van der Waals surface area contributed by atoms with Crippen molar-refractivity contribution in [3.63, 3.8) is 0 Å². The number of carbonyl (C=O) groups is 1. The number of carbonyl (C=O) groups excluding carboxylic acids is 1. The summed E-state index contributed by atoms with van der Waals surface area (Å²) in [5.41, 5.74) is 6.12. The summed E-state index contributed by atoms with van der Waals surface area (Å²) in [4.78, 5) is 15.5. The number of rotatable bonds is 3. The van der Waals surface area contributed by atoms with Crippen molar-refractivity contribution < 1.29 is 9.18 Å². The van der Waals surface area contributed by atoms with Gasteiger partial charge in [-0.25, -0.2) is 4.39 Å². The number of amides is 1. The third-order valence-corrected chi connectivity index (χ3v) is 5.97. The van der Waals surface area contributed by atoms with Gasteiger partial charge in [-0.3, -0.25) is 4.79 Å². The fourth-order valence-electron chi connectivity index (χ4n) is 4.39. The predicted octanol–water partition coefficient (Wildman–Crippen LogP) is 6.28. The number of halogens is 1. The number of hydrogen-bond donors (Lipinski definition) is 0. The maximum absolute atomic E-state index is 13.6. The minimum atomic E-state index is -0.276. The molecule has 3 heteroatoms. The molecule has 1 aliphatic heterocycles. The highest BCUT2D eigenvalue weighted by Crippen LogP contribution is 2.36. The molecule has 31 heavy (non-hydrogen) atoms. The van der Waals surface area contributed by atoms with E-state index in [2.05, 4.69) is 24.3 Å². The van der Waals surface area contributed by atoms with E-state index in [1.807, 2.05) is 59.5 Å². The largest absolute Gasteiger partial charge is 0.327 e. The zero-order chi connectivity index (χ0) is 21.2. The molecular weight excluding hydrogens is 385 g/mol. The molecule has 0 saturated carbocycles. The summed E-state index contributed by atoms with van der Waals surface area (Å²) < 4.78 is 13.6. The van der Waals surface area contributed by atoms with Crippen LogP contribution in [0.3, 0.4) is 0 Å². The topological polar surface area (TPSA) is 20.3 Å². The van der Waals surface area contributed by atoms with Gasteiger partial charge in [-0.2, -0.15) is 0 Å². The average Bonchev–Trinajstić information content (AvgIpc) is 2.84. The molecule has 0 unspecified atom stereocenters. The molecule has 4 aromatic rings. The van der Waals surface area contributed by atoms with Crippen molar-refractivity contribution in [3.05, 3.63) is 131 Å². The summed E-state index contributed by atoms with van der Waals surface area (Å²) in [7, 11) is 0. The fourth-order valence-corrected chi connectivity index (χ4v) is 4.39. The Morgan fingerprint density at radius 1 is 0.742 bits per heavy atom. The van der Waals surface area contributed by atoms with E-state index >= 15 is 0 Å². The van der Waals surface area contributed by atoms with Crippen LogP contribution >= 0.6 is 0 Å². The van der Waals surface area contributed by atoms with Crippen LogP contribution < -0.4 is 0 Å². The van der Waals surface area contributed by atoms with Gasteiger partial charge in [0.2, 0.25) is 0 Å². The SMILES string of the molecule is O=C(c1ccc(-c2ccccc2)cc1)N1CCc2ccccc2[C@H]1c1ccc(F)cc1. The van der Waals surface area contributed by atoms with Gasteiger partial charge < -0.3 is 4.90 Å². The summed E-state index contributed by atoms with van der Waals surface area (Å²) in [6.07, 6.45) is 0.807. The Morgan fingerprint density at radius 3 is 2.13 bits per heavy atom. The highest BCUT2D eigenvalue weighted by Gasteiger charge is 2.32. The van der Waals surface area contributed by atoms with Crippen molar-refractivity contribution in [2.24, 2.45) is 0 Å². The van der Waals surface area contributed by atoms with Crippen LogP contribution in [0.4, 0.5) is 4.39 Å². The van der Waals surface area contributed by atoms with Crippen LogP contribution in [0.25, 0.3) is 11.1 Å². The number of nitrogens with zero attached hydrogens (tertiary/aromatic N) is 1. The lowest BCUT2D eigenvalue weighted by Crippen LogP contribution is -2.40. The van der Waals surface area contributed by atoms with Crippen molar-refractivity contribution in [2.75, 3.05) is 6.54 Å². The van der Waals surface area contributed by atoms with E-state index in [1.165, 1.54) is 17.7 Å². The molecule has 1 heterocycles. The van der Waals surface area contributed by atoms with Crippen molar-refractivity contribution in [2.45, 2.75) is 12.5 Å². The number of hydrogen-bond acceptors (Lipinski definition) is 1. The molecule has 0 fully saturated rings. The summed E-state index contributed by atoms with van der Waals surface area (Å²) in [5, 5.41) is 0. The fraction of sp³-hybridized carbons (Fsp3) is 0.107. The molecule has 0 radical (unpaired) electrons. The normalized spacial score (nSPS) is 15.4. The van der Waals surface area contributed by atoms with Crippen LogP contribution in [0.15, 0.2) is 103 Å². The quantitative estimate of drug-likeness (QED) is 0.391. The summed E-state index contributed by atoms with van der Waals surface area (Å²) in [6.45, 7) is 0.623. The first-order valence-corrected chi connectivity index (χ1v) is 10.5. The van der Waals surface area contributed by atoms with Crippen molar-refractivity contribution in [1.82, 2.24) is 4.90 Å². The van der Waals surface area contributed by atoms with Gasteiger partial charge in [0.05, 0.1) is 6.04 Å². The molecule has 2 nitrogen and oxygen atoms in total. The molecule has 0 saturated heterocycles. The maximum Gasteiger partial charge on any atom is 0.254 e. The second kappa shape index (κ2) is 8.19. The Kier molecular flexibility index (Phi) is 5.09. The Balaban J connectivity index is 1.50. The molecular formula is C28H22FNO. The van der Waals surface area contributed by atoms with Gasteiger partial charge in [-0.1, -0.05) is 78.9 Å². The zero-order valence-corrected chi connectivity index (χ0v) is 17.0. The summed E-state index contributed by atoms with van der Waals surface area (Å²) in [5.74, 6) is -0.286. The molecule has 0 spiro atoms. The average molecular weight is 407 g/mol. The molecule has 0 N–H and O–H groups in total. The molecule has 0 aliphatic carbocycles. The summed E-state index contributed by atoms with van der Waals surface area (Å²) in [6, 6.07) is 32.4. The number of benzene rings is 4. The number of fused-ring (bicyclic) bond motifs is 1. The van der Waals surface area contributed by atoms with Crippen LogP contribution in [0.5, 0.6) is 0 Å². The Morgan fingerprint density at radius 2 is 1.39 bits per heavy atom. The van der Waals surface area contributed by atoms with Gasteiger partial charge in [-0.15, -0.1) is 0 Å². The third kappa shape index (κ3) is 3.75. The lowest BCUT2D eigenvalue weighted by molar-refractivity contribution is 0.0694. The highest BCUT2D eigenvalue weighted by atomic mass is 19.1. The van der Waals surface area contributed by atoms with E-state index in [0.717, 1.165) is 28.7 Å². The molecule has 4 aromatic carbocycles. The predicted molar refractivity (Wildman–Crippen MR) is 121 cm³/mol. The first kappa shape index (κ1) is 19.3. The second-order valence-electron chi connectivity index (χ2n) is 7.84. The first-order valence-electron chi connectivity index (χ1n) is 10.5. The monoisotopic (exact) mass is 407 g/mol. The van der Waals surface area contributed by atoms with Crippen LogP contribution in [-0.2, 0) is 6.42 Å². The van der Waals surface area contributed by atoms with Crippen molar-refractivity contribution >= 4 is 5.91 Å². The summed E-state index contributed by atoms with van der Waals surface area (Å²) >= 11 is 0. The van der Waals surface area contributed by atoms with Gasteiger partial charge in [-0.05, 0) is 58.5 Å². The molecule has 152 valence electrons. The van der Waals surface area contributed by atoms with Gasteiger partial charge in [0.1, 0.15) is 5.82 Å². The lowest BCUT2D eigenvalue weighted by atomic mass is 9.87. The molecule has 1 aliphatic rings. The van der Waals surface area contributed by atoms with Crippen LogP contribution in [-0.4, -0.2) is 17.4 Å². The van der Waals surface area contributed by atoms with Gasteiger partial charge in [0, 0.05) is 12.1 Å². The minimum absolute atomic E-state index is 0.0107. The zero-order valence-electron chi connectivity index (χ0n) is 17.0. The van der Waals surface area contributed by atoms with E-state index in [-0.39, 0.29) is 17.8 Å². The van der Waals surface area contributed by atoms with E-state index in [9.17, 15) is 9.18 Å². The van der Waals surface area contributed by atoms with Crippen molar-refractivity contribution in [1.29, 1.82) is 0 Å². The highest BCUT2D eigenvalue weighted by molar-refractivity contribution is 5.95. The smallest absolute Gasteiger partial charge is 0.254 e.